The number of hydrogen-bond donors (Lipinski definition) is 2. The Bertz CT molecular complexity index is 751. The van der Waals surface area contributed by atoms with E-state index in [1.165, 1.54) is 0 Å². The summed E-state index contributed by atoms with van der Waals surface area (Å²) in [5, 5.41) is 2.42. The Balaban J connectivity index is 1.85. The van der Waals surface area contributed by atoms with Gasteiger partial charge in [-0.3, -0.25) is 4.79 Å². The standard InChI is InChI=1S/C17H16ClF3N2O2/c18-12-8-7-11(17(19,20)21)10-14(12)23-16(24)6-3-9-25-15-5-2-1-4-13(15)22/h1-2,4-5,7-8,10H,3,6,9,22H2,(H,23,24). The maximum absolute atomic E-state index is 12.7. The summed E-state index contributed by atoms with van der Waals surface area (Å²) in [4.78, 5) is 11.9. The number of hydrogen-bond acceptors (Lipinski definition) is 3. The molecule has 0 spiro atoms. The zero-order valence-electron chi connectivity index (χ0n) is 13.1. The summed E-state index contributed by atoms with van der Waals surface area (Å²) in [6.45, 7) is 0.248. The van der Waals surface area contributed by atoms with Gasteiger partial charge in [-0.1, -0.05) is 23.7 Å². The van der Waals surface area contributed by atoms with E-state index >= 15 is 0 Å². The number of benzene rings is 2. The predicted molar refractivity (Wildman–Crippen MR) is 90.7 cm³/mol. The number of carbonyl (C=O) groups excluding carboxylic acids is 1. The van der Waals surface area contributed by atoms with Crippen LogP contribution in [0.1, 0.15) is 18.4 Å². The molecule has 25 heavy (non-hydrogen) atoms. The van der Waals surface area contributed by atoms with E-state index in [0.29, 0.717) is 17.9 Å². The van der Waals surface area contributed by atoms with Crippen molar-refractivity contribution in [2.45, 2.75) is 19.0 Å². The highest BCUT2D eigenvalue weighted by Gasteiger charge is 2.31. The summed E-state index contributed by atoms with van der Waals surface area (Å²) in [6, 6.07) is 9.71. The molecule has 2 aromatic carbocycles. The first-order chi connectivity index (χ1) is 11.8. The first kappa shape index (κ1) is 18.9. The van der Waals surface area contributed by atoms with Gasteiger partial charge < -0.3 is 15.8 Å². The van der Waals surface area contributed by atoms with Gasteiger partial charge >= 0.3 is 6.18 Å². The number of nitrogens with two attached hydrogens (primary N) is 1. The van der Waals surface area contributed by atoms with Gasteiger partial charge in [-0.15, -0.1) is 0 Å². The van der Waals surface area contributed by atoms with Crippen molar-refractivity contribution in [2.24, 2.45) is 0 Å². The Hall–Kier alpha value is -2.41. The van der Waals surface area contributed by atoms with Crippen LogP contribution >= 0.6 is 11.6 Å². The molecule has 0 atom stereocenters. The topological polar surface area (TPSA) is 64.3 Å². The summed E-state index contributed by atoms with van der Waals surface area (Å²) >= 11 is 5.83. The highest BCUT2D eigenvalue weighted by Crippen LogP contribution is 2.33. The van der Waals surface area contributed by atoms with Gasteiger partial charge in [-0.2, -0.15) is 13.2 Å². The van der Waals surface area contributed by atoms with Gasteiger partial charge in [-0.05, 0) is 36.8 Å². The molecule has 2 aromatic rings. The molecule has 0 saturated carbocycles. The van der Waals surface area contributed by atoms with Crippen LogP contribution in [0.4, 0.5) is 24.5 Å². The lowest BCUT2D eigenvalue weighted by Crippen LogP contribution is -2.14. The zero-order valence-corrected chi connectivity index (χ0v) is 13.8. The molecule has 0 aliphatic heterocycles. The van der Waals surface area contributed by atoms with Crippen LogP contribution in [-0.4, -0.2) is 12.5 Å². The Kier molecular flexibility index (Phi) is 6.14. The van der Waals surface area contributed by atoms with Gasteiger partial charge in [0, 0.05) is 6.42 Å². The SMILES string of the molecule is Nc1ccccc1OCCCC(=O)Nc1cc(C(F)(F)F)ccc1Cl. The highest BCUT2D eigenvalue weighted by molar-refractivity contribution is 6.33. The number of amides is 1. The molecule has 0 radical (unpaired) electrons. The number of ether oxygens (including phenoxy) is 1. The minimum absolute atomic E-state index is 0.0367. The van der Waals surface area contributed by atoms with Crippen LogP contribution in [0, 0.1) is 0 Å². The summed E-state index contributed by atoms with van der Waals surface area (Å²) in [7, 11) is 0. The van der Waals surface area contributed by atoms with E-state index in [2.05, 4.69) is 5.32 Å². The fourth-order valence-corrected chi connectivity index (χ4v) is 2.20. The van der Waals surface area contributed by atoms with Crippen LogP contribution in [0.2, 0.25) is 5.02 Å². The number of anilines is 2. The number of alkyl halides is 3. The first-order valence-corrected chi connectivity index (χ1v) is 7.79. The van der Waals surface area contributed by atoms with E-state index in [9.17, 15) is 18.0 Å². The lowest BCUT2D eigenvalue weighted by molar-refractivity contribution is -0.137. The smallest absolute Gasteiger partial charge is 0.416 e. The van der Waals surface area contributed by atoms with Crippen LogP contribution in [0.5, 0.6) is 5.75 Å². The van der Waals surface area contributed by atoms with Crippen LogP contribution in [0.3, 0.4) is 0 Å². The zero-order chi connectivity index (χ0) is 18.4. The van der Waals surface area contributed by atoms with Gasteiger partial charge in [0.25, 0.3) is 0 Å². The molecule has 3 N–H and O–H groups in total. The minimum atomic E-state index is -4.51. The van der Waals surface area contributed by atoms with Crippen molar-refractivity contribution in [2.75, 3.05) is 17.7 Å². The van der Waals surface area contributed by atoms with E-state index in [1.54, 1.807) is 24.3 Å². The summed E-state index contributed by atoms with van der Waals surface area (Å²) in [6.07, 6.45) is -4.07. The molecule has 0 heterocycles. The van der Waals surface area contributed by atoms with Gasteiger partial charge in [0.15, 0.2) is 0 Å². The van der Waals surface area contributed by atoms with Crippen LogP contribution in [0.15, 0.2) is 42.5 Å². The summed E-state index contributed by atoms with van der Waals surface area (Å²) < 4.78 is 43.5. The van der Waals surface area contributed by atoms with E-state index in [-0.39, 0.29) is 23.7 Å². The maximum atomic E-state index is 12.7. The van der Waals surface area contributed by atoms with Crippen molar-refractivity contribution in [1.82, 2.24) is 0 Å². The van der Waals surface area contributed by atoms with Crippen LogP contribution < -0.4 is 15.8 Å². The van der Waals surface area contributed by atoms with Gasteiger partial charge in [0.1, 0.15) is 5.75 Å². The number of nitrogens with one attached hydrogen (secondary N) is 1. The van der Waals surface area contributed by atoms with E-state index < -0.39 is 17.6 Å². The Labute approximate surface area is 147 Å². The molecule has 0 unspecified atom stereocenters. The second-order valence-corrected chi connectivity index (χ2v) is 5.64. The number of halogens is 4. The highest BCUT2D eigenvalue weighted by atomic mass is 35.5. The van der Waals surface area contributed by atoms with Crippen molar-refractivity contribution in [3.8, 4) is 5.75 Å². The third-order valence-corrected chi connectivity index (χ3v) is 3.62. The molecular weight excluding hydrogens is 357 g/mol. The van der Waals surface area contributed by atoms with Crippen molar-refractivity contribution < 1.29 is 22.7 Å². The van der Waals surface area contributed by atoms with Crippen molar-refractivity contribution >= 4 is 28.9 Å². The van der Waals surface area contributed by atoms with Crippen molar-refractivity contribution in [3.05, 3.63) is 53.1 Å². The predicted octanol–water partition coefficient (Wildman–Crippen LogP) is 4.74. The van der Waals surface area contributed by atoms with E-state index in [1.807, 2.05) is 0 Å². The molecule has 0 saturated heterocycles. The summed E-state index contributed by atoms with van der Waals surface area (Å²) in [5.41, 5.74) is 5.25. The average molecular weight is 373 g/mol. The Morgan fingerprint density at radius 2 is 1.92 bits per heavy atom. The third-order valence-electron chi connectivity index (χ3n) is 3.29. The third kappa shape index (κ3) is 5.56. The molecule has 0 aliphatic carbocycles. The molecular formula is C17H16ClF3N2O2. The summed E-state index contributed by atoms with van der Waals surface area (Å²) in [5.74, 6) is 0.0645. The molecule has 1 amide bonds. The van der Waals surface area contributed by atoms with E-state index in [4.69, 9.17) is 22.1 Å². The van der Waals surface area contributed by atoms with Crippen LogP contribution in [-0.2, 0) is 11.0 Å². The Morgan fingerprint density at radius 1 is 1.20 bits per heavy atom. The molecule has 0 bridgehead atoms. The lowest BCUT2D eigenvalue weighted by Gasteiger charge is -2.12. The minimum Gasteiger partial charge on any atom is -0.491 e. The number of rotatable bonds is 6. The van der Waals surface area contributed by atoms with Crippen molar-refractivity contribution in [3.63, 3.8) is 0 Å². The number of para-hydroxylation sites is 2. The average Bonchev–Trinajstić information content (AvgIpc) is 2.54. The van der Waals surface area contributed by atoms with Gasteiger partial charge in [-0.25, -0.2) is 0 Å². The van der Waals surface area contributed by atoms with Gasteiger partial charge in [0.05, 0.1) is 28.6 Å². The lowest BCUT2D eigenvalue weighted by atomic mass is 10.2. The molecule has 4 nitrogen and oxygen atoms in total. The number of carbonyl (C=O) groups is 1. The molecule has 0 fully saturated rings. The Morgan fingerprint density at radius 3 is 2.60 bits per heavy atom. The van der Waals surface area contributed by atoms with Crippen LogP contribution in [0.25, 0.3) is 0 Å². The monoisotopic (exact) mass is 372 g/mol. The molecule has 134 valence electrons. The van der Waals surface area contributed by atoms with E-state index in [0.717, 1.165) is 18.2 Å². The fraction of sp³-hybridized carbons (Fsp3) is 0.235. The fourth-order valence-electron chi connectivity index (χ4n) is 2.04. The normalized spacial score (nSPS) is 11.2. The maximum Gasteiger partial charge on any atom is 0.416 e. The molecule has 0 aliphatic rings. The molecule has 8 heteroatoms. The molecule has 2 rings (SSSR count). The second-order valence-electron chi connectivity index (χ2n) is 5.23. The first-order valence-electron chi connectivity index (χ1n) is 7.41. The van der Waals surface area contributed by atoms with Crippen molar-refractivity contribution in [1.29, 1.82) is 0 Å². The largest absolute Gasteiger partial charge is 0.491 e. The second kappa shape index (κ2) is 8.11. The quantitative estimate of drug-likeness (QED) is 0.568. The van der Waals surface area contributed by atoms with Gasteiger partial charge in [0.2, 0.25) is 5.91 Å². The molecule has 0 aromatic heterocycles. The number of nitrogen functional groups attached to an aromatic ring is 1.